The molecule has 6 heteroatoms. The standard InChI is InChI=1S/C14H15F2NO3/c1-3-13(18)17-4-5-20-12(8-17)14-10(16)6-9(15)7-11(14)19-2/h3,6-7,12H,1,4-5,8H2,2H3. The smallest absolute Gasteiger partial charge is 0.246 e. The largest absolute Gasteiger partial charge is 0.496 e. The molecule has 1 heterocycles. The van der Waals surface area contributed by atoms with Crippen LogP contribution in [-0.4, -0.2) is 37.6 Å². The lowest BCUT2D eigenvalue weighted by molar-refractivity contribution is -0.133. The van der Waals surface area contributed by atoms with Crippen molar-refractivity contribution in [2.24, 2.45) is 0 Å². The van der Waals surface area contributed by atoms with E-state index in [1.54, 1.807) is 0 Å². The van der Waals surface area contributed by atoms with E-state index in [0.29, 0.717) is 6.54 Å². The third kappa shape index (κ3) is 2.80. The van der Waals surface area contributed by atoms with E-state index >= 15 is 0 Å². The third-order valence-corrected chi connectivity index (χ3v) is 3.15. The number of ether oxygens (including phenoxy) is 2. The maximum Gasteiger partial charge on any atom is 0.246 e. The predicted octanol–water partition coefficient (Wildman–Crippen LogP) is 2.06. The number of amides is 1. The van der Waals surface area contributed by atoms with Gasteiger partial charge in [0.05, 0.1) is 25.8 Å². The first kappa shape index (κ1) is 14.5. The minimum atomic E-state index is -0.750. The van der Waals surface area contributed by atoms with E-state index in [2.05, 4.69) is 6.58 Å². The molecule has 20 heavy (non-hydrogen) atoms. The Balaban J connectivity index is 2.31. The van der Waals surface area contributed by atoms with Crippen LogP contribution in [0.5, 0.6) is 5.75 Å². The highest BCUT2D eigenvalue weighted by Gasteiger charge is 2.29. The molecule has 0 aromatic heterocycles. The quantitative estimate of drug-likeness (QED) is 0.797. The van der Waals surface area contributed by atoms with Crippen LogP contribution >= 0.6 is 0 Å². The molecule has 0 spiro atoms. The number of methoxy groups -OCH3 is 1. The van der Waals surface area contributed by atoms with Gasteiger partial charge in [-0.25, -0.2) is 8.78 Å². The molecule has 0 bridgehead atoms. The van der Waals surface area contributed by atoms with Gasteiger partial charge in [-0.2, -0.15) is 0 Å². The van der Waals surface area contributed by atoms with Gasteiger partial charge in [-0.15, -0.1) is 0 Å². The zero-order valence-corrected chi connectivity index (χ0v) is 11.1. The molecule has 108 valence electrons. The molecule has 1 amide bonds. The Morgan fingerprint density at radius 1 is 1.55 bits per heavy atom. The first-order chi connectivity index (χ1) is 9.56. The summed E-state index contributed by atoms with van der Waals surface area (Å²) in [6, 6.07) is 1.87. The number of benzene rings is 1. The lowest BCUT2D eigenvalue weighted by atomic mass is 10.1. The van der Waals surface area contributed by atoms with Gasteiger partial charge in [-0.3, -0.25) is 4.79 Å². The van der Waals surface area contributed by atoms with E-state index in [1.807, 2.05) is 0 Å². The minimum Gasteiger partial charge on any atom is -0.496 e. The lowest BCUT2D eigenvalue weighted by Crippen LogP contribution is -2.41. The Kier molecular flexibility index (Phi) is 4.34. The molecule has 1 atom stereocenters. The highest BCUT2D eigenvalue weighted by Crippen LogP contribution is 2.33. The number of carbonyl (C=O) groups excluding carboxylic acids is 1. The molecule has 1 unspecified atom stereocenters. The van der Waals surface area contributed by atoms with Crippen LogP contribution in [0.3, 0.4) is 0 Å². The van der Waals surface area contributed by atoms with Crippen molar-refractivity contribution in [3.63, 3.8) is 0 Å². The molecule has 0 radical (unpaired) electrons. The van der Waals surface area contributed by atoms with Crippen LogP contribution in [0, 0.1) is 11.6 Å². The molecule has 1 aliphatic heterocycles. The fourth-order valence-electron chi connectivity index (χ4n) is 2.20. The van der Waals surface area contributed by atoms with Crippen LogP contribution in [0.1, 0.15) is 11.7 Å². The second kappa shape index (κ2) is 6.00. The number of halogens is 2. The summed E-state index contributed by atoms with van der Waals surface area (Å²) < 4.78 is 37.6. The summed E-state index contributed by atoms with van der Waals surface area (Å²) in [5, 5.41) is 0. The molecule has 0 aliphatic carbocycles. The van der Waals surface area contributed by atoms with Crippen molar-refractivity contribution in [3.05, 3.63) is 42.0 Å². The third-order valence-electron chi connectivity index (χ3n) is 3.15. The molecular weight excluding hydrogens is 268 g/mol. The summed E-state index contributed by atoms with van der Waals surface area (Å²) >= 11 is 0. The van der Waals surface area contributed by atoms with Gasteiger partial charge in [-0.05, 0) is 6.08 Å². The van der Waals surface area contributed by atoms with E-state index < -0.39 is 17.7 Å². The van der Waals surface area contributed by atoms with Crippen LogP contribution in [0.2, 0.25) is 0 Å². The zero-order valence-electron chi connectivity index (χ0n) is 11.1. The Bertz CT molecular complexity index is 533. The molecule has 0 N–H and O–H groups in total. The summed E-state index contributed by atoms with van der Waals surface area (Å²) in [7, 11) is 1.33. The molecule has 4 nitrogen and oxygen atoms in total. The average Bonchev–Trinajstić information content (AvgIpc) is 2.45. The van der Waals surface area contributed by atoms with E-state index in [1.165, 1.54) is 18.1 Å². The maximum atomic E-state index is 14.0. The van der Waals surface area contributed by atoms with Gasteiger partial charge >= 0.3 is 0 Å². The zero-order chi connectivity index (χ0) is 14.7. The van der Waals surface area contributed by atoms with Crippen molar-refractivity contribution in [1.82, 2.24) is 4.90 Å². The molecule has 0 saturated carbocycles. The first-order valence-corrected chi connectivity index (χ1v) is 6.12. The number of hydrogen-bond acceptors (Lipinski definition) is 3. The van der Waals surface area contributed by atoms with E-state index in [0.717, 1.165) is 12.1 Å². The fraction of sp³-hybridized carbons (Fsp3) is 0.357. The number of hydrogen-bond donors (Lipinski definition) is 0. The van der Waals surface area contributed by atoms with Crippen molar-refractivity contribution in [2.45, 2.75) is 6.10 Å². The monoisotopic (exact) mass is 283 g/mol. The lowest BCUT2D eigenvalue weighted by Gasteiger charge is -2.33. The topological polar surface area (TPSA) is 38.8 Å². The maximum absolute atomic E-state index is 14.0. The number of carbonyl (C=O) groups is 1. The van der Waals surface area contributed by atoms with Crippen LogP contribution < -0.4 is 4.74 Å². The normalized spacial score (nSPS) is 18.8. The van der Waals surface area contributed by atoms with E-state index in [-0.39, 0.29) is 30.4 Å². The molecule has 1 aliphatic rings. The Morgan fingerprint density at radius 2 is 2.30 bits per heavy atom. The van der Waals surface area contributed by atoms with Crippen LogP contribution in [0.4, 0.5) is 8.78 Å². The second-order valence-electron chi connectivity index (χ2n) is 4.35. The van der Waals surface area contributed by atoms with Crippen LogP contribution in [0.15, 0.2) is 24.8 Å². The first-order valence-electron chi connectivity index (χ1n) is 6.12. The number of rotatable bonds is 3. The van der Waals surface area contributed by atoms with Crippen molar-refractivity contribution < 1.29 is 23.0 Å². The van der Waals surface area contributed by atoms with Crippen LogP contribution in [0.25, 0.3) is 0 Å². The van der Waals surface area contributed by atoms with E-state index in [9.17, 15) is 13.6 Å². The van der Waals surface area contributed by atoms with Gasteiger partial charge in [0, 0.05) is 18.7 Å². The van der Waals surface area contributed by atoms with Gasteiger partial charge in [0.2, 0.25) is 5.91 Å². The fourth-order valence-corrected chi connectivity index (χ4v) is 2.20. The summed E-state index contributed by atoms with van der Waals surface area (Å²) in [5.41, 5.74) is 0.121. The summed E-state index contributed by atoms with van der Waals surface area (Å²) in [4.78, 5) is 13.1. The Hall–Kier alpha value is -1.95. The molecule has 1 aromatic rings. The van der Waals surface area contributed by atoms with Crippen molar-refractivity contribution in [3.8, 4) is 5.75 Å². The molecular formula is C14H15F2NO3. The van der Waals surface area contributed by atoms with Crippen LogP contribution in [-0.2, 0) is 9.53 Å². The van der Waals surface area contributed by atoms with Gasteiger partial charge in [-0.1, -0.05) is 6.58 Å². The highest BCUT2D eigenvalue weighted by atomic mass is 19.1. The predicted molar refractivity (Wildman–Crippen MR) is 68.4 cm³/mol. The van der Waals surface area contributed by atoms with Crippen molar-refractivity contribution in [2.75, 3.05) is 26.8 Å². The van der Waals surface area contributed by atoms with Crippen molar-refractivity contribution >= 4 is 5.91 Å². The molecule has 1 aromatic carbocycles. The SMILES string of the molecule is C=CC(=O)N1CCOC(c2c(F)cc(F)cc2OC)C1. The van der Waals surface area contributed by atoms with E-state index in [4.69, 9.17) is 9.47 Å². The molecule has 1 saturated heterocycles. The average molecular weight is 283 g/mol. The number of nitrogens with zero attached hydrogens (tertiary/aromatic N) is 1. The highest BCUT2D eigenvalue weighted by molar-refractivity contribution is 5.87. The van der Waals surface area contributed by atoms with Gasteiger partial charge in [0.15, 0.2) is 0 Å². The molecule has 1 fully saturated rings. The summed E-state index contributed by atoms with van der Waals surface area (Å²) in [6.07, 6.45) is 0.504. The molecule has 2 rings (SSSR count). The second-order valence-corrected chi connectivity index (χ2v) is 4.35. The summed E-state index contributed by atoms with van der Waals surface area (Å²) in [5.74, 6) is -1.65. The van der Waals surface area contributed by atoms with Gasteiger partial charge in [0.25, 0.3) is 0 Å². The Morgan fingerprint density at radius 3 is 2.95 bits per heavy atom. The summed E-state index contributed by atoms with van der Waals surface area (Å²) in [6.45, 7) is 4.26. The van der Waals surface area contributed by atoms with Crippen molar-refractivity contribution in [1.29, 1.82) is 0 Å². The Labute approximate surface area is 115 Å². The number of morpholine rings is 1. The van der Waals surface area contributed by atoms with Gasteiger partial charge in [0.1, 0.15) is 23.5 Å². The minimum absolute atomic E-state index is 0.0698. The van der Waals surface area contributed by atoms with Gasteiger partial charge < -0.3 is 14.4 Å².